The average molecular weight is 196 g/mol. The maximum Gasteiger partial charge on any atom is 0.215 e. The molecular formula is C9H12O3Si. The Balaban J connectivity index is 2.61. The summed E-state index contributed by atoms with van der Waals surface area (Å²) in [6, 6.07) is 1.62. The number of rotatable bonds is 1. The quantitative estimate of drug-likeness (QED) is 0.415. The summed E-state index contributed by atoms with van der Waals surface area (Å²) in [7, 11) is -1.60. The first kappa shape index (κ1) is 8.44. The van der Waals surface area contributed by atoms with Crippen LogP contribution in [-0.4, -0.2) is 18.3 Å². The first-order valence-corrected chi connectivity index (χ1v) is 7.68. The molecule has 0 fully saturated rings. The molecule has 0 radical (unpaired) electrons. The Morgan fingerprint density at radius 1 is 1.15 bits per heavy atom. The smallest absolute Gasteiger partial charge is 0.215 e. The van der Waals surface area contributed by atoms with E-state index < -0.39 is 8.07 Å². The Morgan fingerprint density at radius 2 is 1.77 bits per heavy atom. The zero-order chi connectivity index (χ0) is 9.80. The maximum atomic E-state index is 9.71. The molecule has 0 bridgehead atoms. The summed E-state index contributed by atoms with van der Waals surface area (Å²) in [5, 5.41) is 20.0. The highest BCUT2D eigenvalue weighted by atomic mass is 28.3. The SMILES string of the molecule is C[Si](C)(C)c1cc(O)c2c(c1O)O2. The minimum absolute atomic E-state index is 0.144. The maximum absolute atomic E-state index is 9.71. The lowest BCUT2D eigenvalue weighted by Gasteiger charge is -2.16. The summed E-state index contributed by atoms with van der Waals surface area (Å²) in [5.74, 6) is 1.24. The third kappa shape index (κ3) is 1.18. The topological polar surface area (TPSA) is 53.0 Å². The van der Waals surface area contributed by atoms with Crippen LogP contribution in [0.15, 0.2) is 6.07 Å². The molecule has 1 aliphatic rings. The molecule has 13 heavy (non-hydrogen) atoms. The number of hydrogen-bond acceptors (Lipinski definition) is 3. The van der Waals surface area contributed by atoms with Crippen molar-refractivity contribution in [2.24, 2.45) is 0 Å². The fourth-order valence-electron chi connectivity index (χ4n) is 1.37. The normalized spacial score (nSPS) is 13.5. The lowest BCUT2D eigenvalue weighted by atomic mass is 10.3. The lowest BCUT2D eigenvalue weighted by Crippen LogP contribution is -2.37. The molecule has 1 aromatic carbocycles. The van der Waals surface area contributed by atoms with Gasteiger partial charge in [0.05, 0.1) is 8.07 Å². The van der Waals surface area contributed by atoms with Crippen molar-refractivity contribution >= 4 is 13.3 Å². The standard InChI is InChI=1S/C9H12O3Si/c1-13(2,3)6-4-5(10)8-9(12-8)7(6)11/h4,10-11H,1-3H3. The van der Waals surface area contributed by atoms with Gasteiger partial charge in [0.15, 0.2) is 11.5 Å². The summed E-state index contributed by atoms with van der Waals surface area (Å²) in [4.78, 5) is 0. The highest BCUT2D eigenvalue weighted by molar-refractivity contribution is 6.89. The fraction of sp³-hybridized carbons (Fsp3) is 0.333. The third-order valence-corrected chi connectivity index (χ3v) is 4.16. The Bertz CT molecular complexity index is 379. The summed E-state index contributed by atoms with van der Waals surface area (Å²) < 4.78 is 4.96. The molecule has 1 heterocycles. The average Bonchev–Trinajstić information content (AvgIpc) is 2.73. The highest BCUT2D eigenvalue weighted by Gasteiger charge is 2.35. The number of benzene rings is 1. The molecule has 1 aliphatic heterocycles. The molecule has 0 aromatic heterocycles. The predicted molar refractivity (Wildman–Crippen MR) is 52.8 cm³/mol. The highest BCUT2D eigenvalue weighted by Crippen LogP contribution is 2.57. The molecule has 2 rings (SSSR count). The number of aromatic hydroxyl groups is 2. The van der Waals surface area contributed by atoms with Crippen LogP contribution in [-0.2, 0) is 0 Å². The molecule has 0 spiro atoms. The van der Waals surface area contributed by atoms with E-state index in [1.807, 2.05) is 0 Å². The van der Waals surface area contributed by atoms with Crippen LogP contribution >= 0.6 is 0 Å². The predicted octanol–water partition coefficient (Wildman–Crippen LogP) is 1.75. The Labute approximate surface area is 77.6 Å². The Kier molecular flexibility index (Phi) is 1.43. The van der Waals surface area contributed by atoms with Crippen molar-refractivity contribution in [1.82, 2.24) is 0 Å². The van der Waals surface area contributed by atoms with Gasteiger partial charge in [0.1, 0.15) is 0 Å². The van der Waals surface area contributed by atoms with Gasteiger partial charge >= 0.3 is 0 Å². The van der Waals surface area contributed by atoms with Crippen molar-refractivity contribution < 1.29 is 14.9 Å². The summed E-state index contributed by atoms with van der Waals surface area (Å²) >= 11 is 0. The van der Waals surface area contributed by atoms with Gasteiger partial charge in [-0.1, -0.05) is 19.6 Å². The number of phenols is 2. The van der Waals surface area contributed by atoms with Crippen LogP contribution in [0.2, 0.25) is 19.6 Å². The summed E-state index contributed by atoms with van der Waals surface area (Å²) in [6.07, 6.45) is 0. The first-order valence-electron chi connectivity index (χ1n) is 4.18. The van der Waals surface area contributed by atoms with E-state index >= 15 is 0 Å². The molecule has 0 saturated heterocycles. The van der Waals surface area contributed by atoms with Gasteiger partial charge in [-0.25, -0.2) is 0 Å². The Hall–Kier alpha value is -1.16. The van der Waals surface area contributed by atoms with Gasteiger partial charge in [0, 0.05) is 0 Å². The van der Waals surface area contributed by atoms with Gasteiger partial charge in [-0.15, -0.1) is 0 Å². The van der Waals surface area contributed by atoms with E-state index in [0.717, 1.165) is 5.19 Å². The number of phenolic OH excluding ortho intramolecular Hbond substituents is 2. The van der Waals surface area contributed by atoms with Gasteiger partial charge in [0.25, 0.3) is 0 Å². The van der Waals surface area contributed by atoms with Crippen LogP contribution in [0.1, 0.15) is 0 Å². The largest absolute Gasteiger partial charge is 0.504 e. The van der Waals surface area contributed by atoms with Crippen LogP contribution in [0.25, 0.3) is 0 Å². The van der Waals surface area contributed by atoms with Crippen molar-refractivity contribution in [2.45, 2.75) is 19.6 Å². The minimum Gasteiger partial charge on any atom is -0.504 e. The third-order valence-electron chi connectivity index (χ3n) is 2.16. The van der Waals surface area contributed by atoms with Crippen molar-refractivity contribution in [3.8, 4) is 23.0 Å². The molecule has 0 unspecified atom stereocenters. The summed E-state index contributed by atoms with van der Waals surface area (Å²) in [5.41, 5.74) is 0. The molecule has 0 aliphatic carbocycles. The van der Waals surface area contributed by atoms with Crippen LogP contribution in [0, 0.1) is 0 Å². The van der Waals surface area contributed by atoms with E-state index in [2.05, 4.69) is 19.6 Å². The van der Waals surface area contributed by atoms with Crippen LogP contribution in [0.3, 0.4) is 0 Å². The van der Waals surface area contributed by atoms with Crippen LogP contribution in [0.4, 0.5) is 0 Å². The van der Waals surface area contributed by atoms with Crippen molar-refractivity contribution in [2.75, 3.05) is 0 Å². The molecule has 2 N–H and O–H groups in total. The van der Waals surface area contributed by atoms with E-state index in [0.29, 0.717) is 11.5 Å². The molecule has 4 heteroatoms. The van der Waals surface area contributed by atoms with Gasteiger partial charge < -0.3 is 14.9 Å². The van der Waals surface area contributed by atoms with Crippen LogP contribution in [0.5, 0.6) is 23.0 Å². The van der Waals surface area contributed by atoms with E-state index in [1.54, 1.807) is 6.07 Å². The summed E-state index contributed by atoms with van der Waals surface area (Å²) in [6.45, 7) is 6.32. The van der Waals surface area contributed by atoms with Crippen molar-refractivity contribution in [3.05, 3.63) is 6.07 Å². The van der Waals surface area contributed by atoms with E-state index in [-0.39, 0.29) is 11.5 Å². The molecule has 3 nitrogen and oxygen atoms in total. The second kappa shape index (κ2) is 2.20. The molecule has 1 aromatic rings. The van der Waals surface area contributed by atoms with E-state index in [1.165, 1.54) is 0 Å². The second-order valence-electron chi connectivity index (χ2n) is 4.30. The van der Waals surface area contributed by atoms with Gasteiger partial charge in [-0.3, -0.25) is 0 Å². The number of hydrogen-bond donors (Lipinski definition) is 2. The van der Waals surface area contributed by atoms with E-state index in [4.69, 9.17) is 4.74 Å². The fourth-order valence-corrected chi connectivity index (χ4v) is 2.76. The minimum atomic E-state index is -1.60. The number of ether oxygens (including phenoxy) is 1. The van der Waals surface area contributed by atoms with Gasteiger partial charge in [0.2, 0.25) is 11.5 Å². The monoisotopic (exact) mass is 196 g/mol. The molecule has 0 amide bonds. The van der Waals surface area contributed by atoms with Gasteiger partial charge in [-0.2, -0.15) is 0 Å². The zero-order valence-corrected chi connectivity index (χ0v) is 8.88. The van der Waals surface area contributed by atoms with Gasteiger partial charge in [-0.05, 0) is 11.3 Å². The zero-order valence-electron chi connectivity index (χ0n) is 7.88. The molecule has 0 atom stereocenters. The van der Waals surface area contributed by atoms with Crippen molar-refractivity contribution in [1.29, 1.82) is 0 Å². The lowest BCUT2D eigenvalue weighted by molar-refractivity contribution is 0.461. The second-order valence-corrected chi connectivity index (χ2v) is 9.34. The Morgan fingerprint density at radius 3 is 2.31 bits per heavy atom. The number of fused-ring (bicyclic) bond motifs is 1. The molecule has 0 saturated carbocycles. The first-order chi connectivity index (χ1) is 5.91. The molecular weight excluding hydrogens is 184 g/mol. The van der Waals surface area contributed by atoms with Crippen LogP contribution < -0.4 is 9.92 Å². The van der Waals surface area contributed by atoms with E-state index in [9.17, 15) is 10.2 Å². The van der Waals surface area contributed by atoms with Crippen molar-refractivity contribution in [3.63, 3.8) is 0 Å². The molecule has 70 valence electrons.